The number of anilines is 2. The number of nitrogen functional groups attached to an aromatic ring is 1. The molecular weight excluding hydrogens is 295 g/mol. The summed E-state index contributed by atoms with van der Waals surface area (Å²) < 4.78 is 13.6. The lowest BCUT2D eigenvalue weighted by molar-refractivity contribution is 0.622. The van der Waals surface area contributed by atoms with Crippen LogP contribution in [0.4, 0.5) is 15.8 Å². The van der Waals surface area contributed by atoms with Crippen molar-refractivity contribution < 1.29 is 4.39 Å². The third kappa shape index (κ3) is 3.23. The van der Waals surface area contributed by atoms with Crippen LogP contribution in [0.3, 0.4) is 0 Å². The standard InChI is InChI=1S/C14H14BrFN2/c15-11-8-14(13(17)9-12(11)16)18-7-6-10-4-2-1-3-5-10/h1-5,8-9,18H,6-7,17H2. The third-order valence-corrected chi connectivity index (χ3v) is 3.27. The van der Waals surface area contributed by atoms with Crippen molar-refractivity contribution in [3.8, 4) is 0 Å². The van der Waals surface area contributed by atoms with Gasteiger partial charge in [-0.25, -0.2) is 4.39 Å². The zero-order chi connectivity index (χ0) is 13.0. The molecule has 0 aliphatic rings. The van der Waals surface area contributed by atoms with E-state index in [4.69, 9.17) is 5.73 Å². The Morgan fingerprint density at radius 3 is 2.61 bits per heavy atom. The van der Waals surface area contributed by atoms with Crippen molar-refractivity contribution in [2.75, 3.05) is 17.6 Å². The van der Waals surface area contributed by atoms with Crippen LogP contribution in [-0.2, 0) is 6.42 Å². The van der Waals surface area contributed by atoms with Crippen molar-refractivity contribution in [3.63, 3.8) is 0 Å². The summed E-state index contributed by atoms with van der Waals surface area (Å²) in [6, 6.07) is 13.1. The second-order valence-electron chi connectivity index (χ2n) is 4.02. The van der Waals surface area contributed by atoms with Crippen LogP contribution in [0.5, 0.6) is 0 Å². The Morgan fingerprint density at radius 2 is 1.89 bits per heavy atom. The Labute approximate surface area is 114 Å². The first-order valence-electron chi connectivity index (χ1n) is 5.69. The van der Waals surface area contributed by atoms with Crippen LogP contribution in [0.2, 0.25) is 0 Å². The van der Waals surface area contributed by atoms with Crippen molar-refractivity contribution in [1.29, 1.82) is 0 Å². The van der Waals surface area contributed by atoms with E-state index >= 15 is 0 Å². The highest BCUT2D eigenvalue weighted by Gasteiger charge is 2.05. The molecule has 0 aliphatic carbocycles. The summed E-state index contributed by atoms with van der Waals surface area (Å²) in [5.41, 5.74) is 8.17. The molecule has 3 N–H and O–H groups in total. The Bertz CT molecular complexity index is 529. The molecule has 2 aromatic carbocycles. The van der Waals surface area contributed by atoms with Crippen molar-refractivity contribution >= 4 is 27.3 Å². The number of nitrogens with one attached hydrogen (secondary N) is 1. The zero-order valence-electron chi connectivity index (χ0n) is 9.79. The lowest BCUT2D eigenvalue weighted by Gasteiger charge is -2.10. The third-order valence-electron chi connectivity index (χ3n) is 2.66. The van der Waals surface area contributed by atoms with E-state index in [1.165, 1.54) is 11.6 Å². The summed E-state index contributed by atoms with van der Waals surface area (Å²) in [7, 11) is 0. The van der Waals surface area contributed by atoms with E-state index in [0.29, 0.717) is 10.2 Å². The van der Waals surface area contributed by atoms with Gasteiger partial charge in [-0.15, -0.1) is 0 Å². The van der Waals surface area contributed by atoms with Gasteiger partial charge in [-0.1, -0.05) is 30.3 Å². The topological polar surface area (TPSA) is 38.0 Å². The Kier molecular flexibility index (Phi) is 4.20. The first-order valence-corrected chi connectivity index (χ1v) is 6.48. The maximum Gasteiger partial charge on any atom is 0.139 e. The van der Waals surface area contributed by atoms with Crippen LogP contribution < -0.4 is 11.1 Å². The van der Waals surface area contributed by atoms with Crippen LogP contribution >= 0.6 is 15.9 Å². The van der Waals surface area contributed by atoms with Gasteiger partial charge in [-0.2, -0.15) is 0 Å². The van der Waals surface area contributed by atoms with Crippen LogP contribution in [0, 0.1) is 5.82 Å². The number of benzene rings is 2. The predicted molar refractivity (Wildman–Crippen MR) is 77.1 cm³/mol. The van der Waals surface area contributed by atoms with Gasteiger partial charge in [0.2, 0.25) is 0 Å². The highest BCUT2D eigenvalue weighted by atomic mass is 79.9. The van der Waals surface area contributed by atoms with Gasteiger partial charge < -0.3 is 11.1 Å². The van der Waals surface area contributed by atoms with E-state index in [9.17, 15) is 4.39 Å². The molecule has 94 valence electrons. The van der Waals surface area contributed by atoms with Crippen LogP contribution in [0.15, 0.2) is 46.9 Å². The summed E-state index contributed by atoms with van der Waals surface area (Å²) in [5, 5.41) is 3.21. The lowest BCUT2D eigenvalue weighted by atomic mass is 10.1. The van der Waals surface area contributed by atoms with E-state index in [1.807, 2.05) is 18.2 Å². The molecule has 0 heterocycles. The Morgan fingerprint density at radius 1 is 1.17 bits per heavy atom. The molecule has 0 atom stereocenters. The van der Waals surface area contributed by atoms with Gasteiger partial charge in [-0.05, 0) is 34.0 Å². The second kappa shape index (κ2) is 5.87. The molecule has 2 aromatic rings. The van der Waals surface area contributed by atoms with Gasteiger partial charge in [0.1, 0.15) is 5.82 Å². The fraction of sp³-hybridized carbons (Fsp3) is 0.143. The largest absolute Gasteiger partial charge is 0.397 e. The molecule has 0 amide bonds. The van der Waals surface area contributed by atoms with Gasteiger partial charge in [0, 0.05) is 12.6 Å². The summed E-state index contributed by atoms with van der Waals surface area (Å²) in [5.74, 6) is -0.346. The maximum atomic E-state index is 13.2. The molecule has 0 saturated carbocycles. The van der Waals surface area contributed by atoms with Crippen molar-refractivity contribution in [1.82, 2.24) is 0 Å². The average Bonchev–Trinajstić information content (AvgIpc) is 2.37. The van der Waals surface area contributed by atoms with Crippen LogP contribution in [0.1, 0.15) is 5.56 Å². The zero-order valence-corrected chi connectivity index (χ0v) is 11.4. The van der Waals surface area contributed by atoms with E-state index in [1.54, 1.807) is 6.07 Å². The Hall–Kier alpha value is -1.55. The molecule has 0 unspecified atom stereocenters. The quantitative estimate of drug-likeness (QED) is 0.843. The molecule has 0 radical (unpaired) electrons. The summed E-state index contributed by atoms with van der Waals surface area (Å²) >= 11 is 3.15. The van der Waals surface area contributed by atoms with Gasteiger partial charge >= 0.3 is 0 Å². The van der Waals surface area contributed by atoms with Gasteiger partial charge in [-0.3, -0.25) is 0 Å². The molecule has 0 aliphatic heterocycles. The molecule has 2 rings (SSSR count). The average molecular weight is 309 g/mol. The normalized spacial score (nSPS) is 10.3. The van der Waals surface area contributed by atoms with E-state index in [-0.39, 0.29) is 5.82 Å². The van der Waals surface area contributed by atoms with Crippen LogP contribution in [0.25, 0.3) is 0 Å². The minimum Gasteiger partial charge on any atom is -0.397 e. The summed E-state index contributed by atoms with van der Waals surface area (Å²) in [4.78, 5) is 0. The monoisotopic (exact) mass is 308 g/mol. The minimum atomic E-state index is -0.346. The molecule has 0 fully saturated rings. The Balaban J connectivity index is 1.97. The van der Waals surface area contributed by atoms with E-state index in [2.05, 4.69) is 33.4 Å². The molecular formula is C14H14BrFN2. The molecule has 0 saturated heterocycles. The smallest absolute Gasteiger partial charge is 0.139 e. The molecule has 0 bridgehead atoms. The minimum absolute atomic E-state index is 0.346. The molecule has 18 heavy (non-hydrogen) atoms. The highest BCUT2D eigenvalue weighted by molar-refractivity contribution is 9.10. The number of nitrogens with two attached hydrogens (primary N) is 1. The van der Waals surface area contributed by atoms with E-state index in [0.717, 1.165) is 18.7 Å². The molecule has 4 heteroatoms. The number of rotatable bonds is 4. The predicted octanol–water partition coefficient (Wildman–Crippen LogP) is 3.83. The van der Waals surface area contributed by atoms with E-state index < -0.39 is 0 Å². The van der Waals surface area contributed by atoms with Gasteiger partial charge in [0.15, 0.2) is 0 Å². The highest BCUT2D eigenvalue weighted by Crippen LogP contribution is 2.26. The molecule has 0 spiro atoms. The SMILES string of the molecule is Nc1cc(F)c(Br)cc1NCCc1ccccc1. The number of halogens is 2. The fourth-order valence-corrected chi connectivity index (χ4v) is 2.04. The van der Waals surface area contributed by atoms with Gasteiger partial charge in [0.25, 0.3) is 0 Å². The van der Waals surface area contributed by atoms with Crippen molar-refractivity contribution in [3.05, 3.63) is 58.3 Å². The maximum absolute atomic E-state index is 13.2. The number of hydrogen-bond donors (Lipinski definition) is 2. The summed E-state index contributed by atoms with van der Waals surface area (Å²) in [6.07, 6.45) is 0.898. The second-order valence-corrected chi connectivity index (χ2v) is 4.87. The fourth-order valence-electron chi connectivity index (χ4n) is 1.70. The van der Waals surface area contributed by atoms with Crippen molar-refractivity contribution in [2.24, 2.45) is 0 Å². The first-order chi connectivity index (χ1) is 8.66. The van der Waals surface area contributed by atoms with Gasteiger partial charge in [0.05, 0.1) is 15.8 Å². The summed E-state index contributed by atoms with van der Waals surface area (Å²) in [6.45, 7) is 0.756. The molecule has 2 nitrogen and oxygen atoms in total. The first kappa shape index (κ1) is 12.9. The van der Waals surface area contributed by atoms with Crippen LogP contribution in [-0.4, -0.2) is 6.54 Å². The van der Waals surface area contributed by atoms with Crippen molar-refractivity contribution in [2.45, 2.75) is 6.42 Å². The number of hydrogen-bond acceptors (Lipinski definition) is 2. The lowest BCUT2D eigenvalue weighted by Crippen LogP contribution is -2.07. The molecule has 0 aromatic heterocycles.